The normalized spacial score (nSPS) is 11.8. The monoisotopic (exact) mass is 281 g/mol. The van der Waals surface area contributed by atoms with Crippen LogP contribution in [0.15, 0.2) is 65.2 Å². The van der Waals surface area contributed by atoms with Crippen molar-refractivity contribution in [2.75, 3.05) is 0 Å². The number of benzene rings is 1. The average molecular weight is 281 g/mol. The molecule has 2 aromatic heterocycles. The fourth-order valence-electron chi connectivity index (χ4n) is 2.09. The molecule has 0 fully saturated rings. The summed E-state index contributed by atoms with van der Waals surface area (Å²) in [4.78, 5) is 9.78. The van der Waals surface area contributed by atoms with E-state index in [0.717, 1.165) is 17.0 Å². The smallest absolute Gasteiger partial charge is 0.190 e. The van der Waals surface area contributed by atoms with Gasteiger partial charge in [0.05, 0.1) is 17.6 Å². The number of rotatable bonds is 3. The van der Waals surface area contributed by atoms with Crippen LogP contribution in [0.1, 0.15) is 6.92 Å². The highest BCUT2D eigenvalue weighted by Crippen LogP contribution is 2.20. The number of thiazole rings is 1. The van der Waals surface area contributed by atoms with Crippen LogP contribution >= 0.6 is 11.3 Å². The molecule has 4 heteroatoms. The zero-order valence-electron chi connectivity index (χ0n) is 11.2. The molecule has 0 amide bonds. The summed E-state index contributed by atoms with van der Waals surface area (Å²) in [6.45, 7) is 3.04. The largest absolute Gasteiger partial charge is 0.317 e. The second-order valence-electron chi connectivity index (χ2n) is 4.34. The molecule has 0 N–H and O–H groups in total. The molecule has 0 atom stereocenters. The lowest BCUT2D eigenvalue weighted by Gasteiger charge is -2.05. The Morgan fingerprint density at radius 2 is 2.00 bits per heavy atom. The lowest BCUT2D eigenvalue weighted by atomic mass is 10.2. The highest BCUT2D eigenvalue weighted by atomic mass is 32.1. The summed E-state index contributed by atoms with van der Waals surface area (Å²) in [5, 5.41) is 2.16. The number of hydrogen-bond acceptors (Lipinski definition) is 3. The van der Waals surface area contributed by atoms with Gasteiger partial charge in [0.2, 0.25) is 0 Å². The lowest BCUT2D eigenvalue weighted by molar-refractivity contribution is 0.745. The fourth-order valence-corrected chi connectivity index (χ4v) is 3.09. The molecule has 0 radical (unpaired) electrons. The summed E-state index contributed by atoms with van der Waals surface area (Å²) < 4.78 is 2.23. The molecule has 0 aliphatic rings. The predicted octanol–water partition coefficient (Wildman–Crippen LogP) is 3.86. The number of hydrogen-bond donors (Lipinski definition) is 0. The summed E-state index contributed by atoms with van der Waals surface area (Å²) in [6.07, 6.45) is 3.54. The summed E-state index contributed by atoms with van der Waals surface area (Å²) in [6, 6.07) is 14.3. The van der Waals surface area contributed by atoms with E-state index < -0.39 is 0 Å². The molecular weight excluding hydrogens is 266 g/mol. The van der Waals surface area contributed by atoms with Gasteiger partial charge in [-0.2, -0.15) is 0 Å². The first-order valence-corrected chi connectivity index (χ1v) is 7.45. The summed E-state index contributed by atoms with van der Waals surface area (Å²) in [7, 11) is 0. The van der Waals surface area contributed by atoms with Crippen LogP contribution in [0.3, 0.4) is 0 Å². The Morgan fingerprint density at radius 3 is 2.70 bits per heavy atom. The van der Waals surface area contributed by atoms with E-state index in [-0.39, 0.29) is 0 Å². The lowest BCUT2D eigenvalue weighted by Crippen LogP contribution is -2.14. The molecule has 0 aliphatic carbocycles. The highest BCUT2D eigenvalue weighted by Gasteiger charge is 2.05. The van der Waals surface area contributed by atoms with E-state index >= 15 is 0 Å². The molecule has 0 bridgehead atoms. The van der Waals surface area contributed by atoms with Gasteiger partial charge in [-0.05, 0) is 24.6 Å². The SMILES string of the molecule is CCn1c(-c2ccccc2)csc1=Nc1cccnc1. The van der Waals surface area contributed by atoms with Crippen molar-refractivity contribution >= 4 is 17.0 Å². The Balaban J connectivity index is 2.11. The van der Waals surface area contributed by atoms with E-state index in [1.165, 1.54) is 11.3 Å². The maximum Gasteiger partial charge on any atom is 0.190 e. The van der Waals surface area contributed by atoms with Gasteiger partial charge >= 0.3 is 0 Å². The van der Waals surface area contributed by atoms with Gasteiger partial charge in [0.25, 0.3) is 0 Å². The second kappa shape index (κ2) is 5.84. The van der Waals surface area contributed by atoms with Crippen LogP contribution in [0.25, 0.3) is 11.3 Å². The van der Waals surface area contributed by atoms with Crippen LogP contribution in [0.5, 0.6) is 0 Å². The molecule has 3 aromatic rings. The highest BCUT2D eigenvalue weighted by molar-refractivity contribution is 7.07. The number of nitrogens with zero attached hydrogens (tertiary/aromatic N) is 3. The molecule has 100 valence electrons. The maximum atomic E-state index is 4.68. The zero-order chi connectivity index (χ0) is 13.8. The van der Waals surface area contributed by atoms with E-state index in [2.05, 4.69) is 51.1 Å². The topological polar surface area (TPSA) is 30.2 Å². The third-order valence-electron chi connectivity index (χ3n) is 3.05. The predicted molar refractivity (Wildman–Crippen MR) is 82.9 cm³/mol. The first kappa shape index (κ1) is 12.8. The number of pyridine rings is 1. The van der Waals surface area contributed by atoms with Gasteiger partial charge in [-0.15, -0.1) is 11.3 Å². The third-order valence-corrected chi connectivity index (χ3v) is 3.92. The standard InChI is InChI=1S/C16H15N3S/c1-2-19-15(13-7-4-3-5-8-13)12-20-16(19)18-14-9-6-10-17-11-14/h3-12H,2H2,1H3. The van der Waals surface area contributed by atoms with E-state index in [0.29, 0.717) is 0 Å². The summed E-state index contributed by atoms with van der Waals surface area (Å²) in [5.74, 6) is 0. The molecule has 20 heavy (non-hydrogen) atoms. The van der Waals surface area contributed by atoms with Crippen molar-refractivity contribution in [3.63, 3.8) is 0 Å². The van der Waals surface area contributed by atoms with Crippen LogP contribution in [0.2, 0.25) is 0 Å². The Kier molecular flexibility index (Phi) is 3.74. The van der Waals surface area contributed by atoms with Crippen LogP contribution in [-0.4, -0.2) is 9.55 Å². The van der Waals surface area contributed by atoms with Crippen LogP contribution in [0.4, 0.5) is 5.69 Å². The Bertz CT molecular complexity index is 742. The van der Waals surface area contributed by atoms with Crippen molar-refractivity contribution in [1.29, 1.82) is 0 Å². The molecule has 3 nitrogen and oxygen atoms in total. The van der Waals surface area contributed by atoms with Gasteiger partial charge < -0.3 is 4.57 Å². The Labute approximate surface area is 121 Å². The van der Waals surface area contributed by atoms with E-state index in [1.807, 2.05) is 18.2 Å². The van der Waals surface area contributed by atoms with E-state index in [1.54, 1.807) is 23.7 Å². The van der Waals surface area contributed by atoms with Crippen molar-refractivity contribution in [3.8, 4) is 11.3 Å². The second-order valence-corrected chi connectivity index (χ2v) is 5.17. The summed E-state index contributed by atoms with van der Waals surface area (Å²) in [5.41, 5.74) is 3.31. The minimum Gasteiger partial charge on any atom is -0.317 e. The van der Waals surface area contributed by atoms with Gasteiger partial charge in [0, 0.05) is 18.1 Å². The molecule has 0 aliphatic heterocycles. The molecule has 1 aromatic carbocycles. The van der Waals surface area contributed by atoms with Gasteiger partial charge in [0.15, 0.2) is 4.80 Å². The Hall–Kier alpha value is -2.20. The molecular formula is C16H15N3S. The maximum absolute atomic E-state index is 4.68. The quantitative estimate of drug-likeness (QED) is 0.717. The van der Waals surface area contributed by atoms with Crippen molar-refractivity contribution in [2.24, 2.45) is 4.99 Å². The molecule has 3 rings (SSSR count). The molecule has 2 heterocycles. The zero-order valence-corrected chi connectivity index (χ0v) is 12.0. The van der Waals surface area contributed by atoms with Crippen molar-refractivity contribution in [2.45, 2.75) is 13.5 Å². The van der Waals surface area contributed by atoms with Crippen molar-refractivity contribution in [1.82, 2.24) is 9.55 Å². The molecule has 0 unspecified atom stereocenters. The first-order chi connectivity index (χ1) is 9.88. The fraction of sp³-hybridized carbons (Fsp3) is 0.125. The third kappa shape index (κ3) is 2.56. The van der Waals surface area contributed by atoms with Crippen molar-refractivity contribution < 1.29 is 0 Å². The van der Waals surface area contributed by atoms with Gasteiger partial charge in [-0.25, -0.2) is 4.99 Å². The molecule has 0 saturated carbocycles. The van der Waals surface area contributed by atoms with Gasteiger partial charge in [0.1, 0.15) is 0 Å². The van der Waals surface area contributed by atoms with Crippen LogP contribution in [0, 0.1) is 0 Å². The van der Waals surface area contributed by atoms with Crippen molar-refractivity contribution in [3.05, 3.63) is 65.0 Å². The average Bonchev–Trinajstić information content (AvgIpc) is 2.92. The number of aromatic nitrogens is 2. The van der Waals surface area contributed by atoms with E-state index in [9.17, 15) is 0 Å². The molecule has 0 spiro atoms. The summed E-state index contributed by atoms with van der Waals surface area (Å²) >= 11 is 1.66. The molecule has 0 saturated heterocycles. The van der Waals surface area contributed by atoms with Crippen LogP contribution in [-0.2, 0) is 6.54 Å². The van der Waals surface area contributed by atoms with Crippen LogP contribution < -0.4 is 4.80 Å². The van der Waals surface area contributed by atoms with E-state index in [4.69, 9.17) is 0 Å². The Morgan fingerprint density at radius 1 is 1.15 bits per heavy atom. The minimum atomic E-state index is 0.885. The minimum absolute atomic E-state index is 0.885. The van der Waals surface area contributed by atoms with Gasteiger partial charge in [-0.1, -0.05) is 30.3 Å². The van der Waals surface area contributed by atoms with Gasteiger partial charge in [-0.3, -0.25) is 4.98 Å². The first-order valence-electron chi connectivity index (χ1n) is 6.57.